The summed E-state index contributed by atoms with van der Waals surface area (Å²) >= 11 is 0. The van der Waals surface area contributed by atoms with Crippen molar-refractivity contribution in [3.63, 3.8) is 0 Å². The van der Waals surface area contributed by atoms with Crippen molar-refractivity contribution in [3.8, 4) is 0 Å². The molecule has 0 aromatic heterocycles. The predicted octanol–water partition coefficient (Wildman–Crippen LogP) is 6.14. The number of carbonyl (C=O) groups is 1. The van der Waals surface area contributed by atoms with Gasteiger partial charge in [-0.3, -0.25) is 4.79 Å². The molecule has 0 aliphatic carbocycles. The molecule has 0 saturated carbocycles. The Morgan fingerprint density at radius 1 is 0.964 bits per heavy atom. The van der Waals surface area contributed by atoms with Crippen LogP contribution in [0.1, 0.15) is 90.0 Å². The van der Waals surface area contributed by atoms with Gasteiger partial charge in [-0.15, -0.1) is 0 Å². The Bertz CT molecular complexity index is 605. The summed E-state index contributed by atoms with van der Waals surface area (Å²) in [6, 6.07) is 10.6. The maximum Gasteiger partial charge on any atom is 0.309 e. The molecule has 0 amide bonds. The number of hydrogen-bond acceptors (Lipinski definition) is 3. The molecule has 28 heavy (non-hydrogen) atoms. The summed E-state index contributed by atoms with van der Waals surface area (Å²) in [5, 5.41) is 10.2. The monoisotopic (exact) mass is 386 g/mol. The quantitative estimate of drug-likeness (QED) is 0.266. The lowest BCUT2D eigenvalue weighted by atomic mass is 9.81. The zero-order valence-corrected chi connectivity index (χ0v) is 17.8. The van der Waals surface area contributed by atoms with Crippen molar-refractivity contribution in [2.24, 2.45) is 0 Å². The number of hydrogen-bond donors (Lipinski definition) is 1. The van der Waals surface area contributed by atoms with Crippen LogP contribution in [0.4, 0.5) is 0 Å². The summed E-state index contributed by atoms with van der Waals surface area (Å²) in [4.78, 5) is 11.7. The molecule has 1 saturated heterocycles. The standard InChI is InChI=1S/C25H38O3/c1-24(27)20-23(26)28-25(2,21-24)19-15-10-8-6-4-3-5-7-9-12-16-22-17-13-11-14-18-22/h9,11-14,17-18,27H,3-8,10,15-16,19-21H2,1-2H3/b12-9+/t24?,25-/m1/s1. The number of benzene rings is 1. The Labute approximate surface area is 171 Å². The van der Waals surface area contributed by atoms with Gasteiger partial charge in [0.05, 0.1) is 12.0 Å². The van der Waals surface area contributed by atoms with E-state index in [1.165, 1.54) is 50.5 Å². The zero-order chi connectivity index (χ0) is 20.3. The average Bonchev–Trinajstić information content (AvgIpc) is 2.61. The molecule has 2 rings (SSSR count). The topological polar surface area (TPSA) is 46.5 Å². The molecule has 2 atom stereocenters. The van der Waals surface area contributed by atoms with Gasteiger partial charge in [0.15, 0.2) is 0 Å². The fourth-order valence-corrected chi connectivity index (χ4v) is 4.26. The maximum absolute atomic E-state index is 11.7. The summed E-state index contributed by atoms with van der Waals surface area (Å²) in [6.45, 7) is 3.70. The molecule has 1 aliphatic heterocycles. The van der Waals surface area contributed by atoms with Gasteiger partial charge in [-0.05, 0) is 51.5 Å². The van der Waals surface area contributed by atoms with E-state index >= 15 is 0 Å². The Hall–Kier alpha value is -1.61. The second-order valence-corrected chi connectivity index (χ2v) is 8.95. The highest BCUT2D eigenvalue weighted by molar-refractivity contribution is 5.72. The van der Waals surface area contributed by atoms with E-state index in [-0.39, 0.29) is 12.4 Å². The third-order valence-electron chi connectivity index (χ3n) is 5.58. The molecule has 1 heterocycles. The highest BCUT2D eigenvalue weighted by Crippen LogP contribution is 2.36. The molecule has 3 nitrogen and oxygen atoms in total. The molecular weight excluding hydrogens is 348 g/mol. The van der Waals surface area contributed by atoms with Crippen molar-refractivity contribution >= 4 is 5.97 Å². The summed E-state index contributed by atoms with van der Waals surface area (Å²) in [7, 11) is 0. The first-order valence-electron chi connectivity index (χ1n) is 11.0. The van der Waals surface area contributed by atoms with Gasteiger partial charge in [0.2, 0.25) is 0 Å². The van der Waals surface area contributed by atoms with Crippen LogP contribution in [0.3, 0.4) is 0 Å². The predicted molar refractivity (Wildman–Crippen MR) is 115 cm³/mol. The van der Waals surface area contributed by atoms with Crippen molar-refractivity contribution in [1.29, 1.82) is 0 Å². The normalized spacial score (nSPS) is 25.2. The summed E-state index contributed by atoms with van der Waals surface area (Å²) in [6.07, 6.45) is 16.9. The Kier molecular flexibility index (Phi) is 9.24. The van der Waals surface area contributed by atoms with Crippen molar-refractivity contribution in [2.75, 3.05) is 0 Å². The molecule has 1 fully saturated rings. The van der Waals surface area contributed by atoms with Gasteiger partial charge in [0, 0.05) is 6.42 Å². The fraction of sp³-hybridized carbons (Fsp3) is 0.640. The van der Waals surface area contributed by atoms with E-state index in [1.54, 1.807) is 6.92 Å². The number of cyclic esters (lactones) is 1. The molecular formula is C25H38O3. The van der Waals surface area contributed by atoms with Gasteiger partial charge in [-0.25, -0.2) is 0 Å². The Morgan fingerprint density at radius 2 is 1.61 bits per heavy atom. The first-order valence-corrected chi connectivity index (χ1v) is 11.0. The van der Waals surface area contributed by atoms with Crippen LogP contribution >= 0.6 is 0 Å². The van der Waals surface area contributed by atoms with E-state index in [0.29, 0.717) is 6.42 Å². The highest BCUT2D eigenvalue weighted by Gasteiger charge is 2.43. The van der Waals surface area contributed by atoms with Gasteiger partial charge < -0.3 is 9.84 Å². The van der Waals surface area contributed by atoms with Crippen LogP contribution in [0.25, 0.3) is 0 Å². The third kappa shape index (κ3) is 9.05. The molecule has 1 aromatic rings. The molecule has 1 unspecified atom stereocenters. The fourth-order valence-electron chi connectivity index (χ4n) is 4.26. The van der Waals surface area contributed by atoms with Crippen LogP contribution in [0, 0.1) is 0 Å². The summed E-state index contributed by atoms with van der Waals surface area (Å²) in [5.41, 5.74) is -0.0379. The van der Waals surface area contributed by atoms with Crippen molar-refractivity contribution in [2.45, 2.75) is 102 Å². The van der Waals surface area contributed by atoms with Gasteiger partial charge in [0.1, 0.15) is 5.60 Å². The van der Waals surface area contributed by atoms with Gasteiger partial charge >= 0.3 is 5.97 Å². The SMILES string of the molecule is CC1(O)CC(=O)O[C@](C)(CCCCCCCCC/C=C/Cc2ccccc2)C1. The smallest absolute Gasteiger partial charge is 0.309 e. The number of carbonyl (C=O) groups excluding carboxylic acids is 1. The van der Waals surface area contributed by atoms with Crippen molar-refractivity contribution in [1.82, 2.24) is 0 Å². The van der Waals surface area contributed by atoms with Crippen molar-refractivity contribution < 1.29 is 14.6 Å². The molecule has 3 heteroatoms. The van der Waals surface area contributed by atoms with Crippen LogP contribution in [0.2, 0.25) is 0 Å². The first kappa shape index (κ1) is 22.7. The van der Waals surface area contributed by atoms with E-state index in [2.05, 4.69) is 42.5 Å². The second-order valence-electron chi connectivity index (χ2n) is 8.95. The third-order valence-corrected chi connectivity index (χ3v) is 5.58. The number of ether oxygens (including phenoxy) is 1. The van der Waals surface area contributed by atoms with E-state index in [0.717, 1.165) is 19.3 Å². The molecule has 0 spiro atoms. The van der Waals surface area contributed by atoms with Gasteiger partial charge in [-0.2, -0.15) is 0 Å². The molecule has 1 aliphatic rings. The summed E-state index contributed by atoms with van der Waals surface area (Å²) < 4.78 is 5.52. The van der Waals surface area contributed by atoms with E-state index < -0.39 is 11.2 Å². The lowest BCUT2D eigenvalue weighted by Crippen LogP contribution is -2.48. The molecule has 0 bridgehead atoms. The lowest BCUT2D eigenvalue weighted by molar-refractivity contribution is -0.185. The molecule has 156 valence electrons. The lowest BCUT2D eigenvalue weighted by Gasteiger charge is -2.40. The van der Waals surface area contributed by atoms with Gasteiger partial charge in [-0.1, -0.05) is 74.6 Å². The van der Waals surface area contributed by atoms with Crippen LogP contribution < -0.4 is 0 Å². The number of aliphatic hydroxyl groups is 1. The molecule has 1 aromatic carbocycles. The minimum atomic E-state index is -0.917. The van der Waals surface area contributed by atoms with E-state index in [4.69, 9.17) is 4.74 Å². The molecule has 0 radical (unpaired) electrons. The molecule has 1 N–H and O–H groups in total. The first-order chi connectivity index (χ1) is 13.4. The highest BCUT2D eigenvalue weighted by atomic mass is 16.6. The number of esters is 1. The second kappa shape index (κ2) is 11.4. The Morgan fingerprint density at radius 3 is 2.29 bits per heavy atom. The van der Waals surface area contributed by atoms with Crippen LogP contribution in [0.15, 0.2) is 42.5 Å². The van der Waals surface area contributed by atoms with Crippen LogP contribution in [-0.2, 0) is 16.0 Å². The van der Waals surface area contributed by atoms with Crippen LogP contribution in [-0.4, -0.2) is 22.3 Å². The largest absolute Gasteiger partial charge is 0.459 e. The number of allylic oxidation sites excluding steroid dienone is 2. The number of unbranched alkanes of at least 4 members (excludes halogenated alkanes) is 7. The average molecular weight is 387 g/mol. The zero-order valence-electron chi connectivity index (χ0n) is 17.8. The van der Waals surface area contributed by atoms with Crippen molar-refractivity contribution in [3.05, 3.63) is 48.0 Å². The van der Waals surface area contributed by atoms with E-state index in [9.17, 15) is 9.90 Å². The van der Waals surface area contributed by atoms with E-state index in [1.807, 2.05) is 6.92 Å². The minimum absolute atomic E-state index is 0.115. The van der Waals surface area contributed by atoms with Gasteiger partial charge in [0.25, 0.3) is 0 Å². The number of rotatable bonds is 12. The van der Waals surface area contributed by atoms with Crippen LogP contribution in [0.5, 0.6) is 0 Å². The maximum atomic E-state index is 11.7. The summed E-state index contributed by atoms with van der Waals surface area (Å²) in [5.74, 6) is -0.267. The Balaban J connectivity index is 1.44. The minimum Gasteiger partial charge on any atom is -0.459 e.